The number of hydrogen-bond acceptors (Lipinski definition) is 2. The molecular formula is C25H23N3O. The standard InChI is InChI=1S/C25H23N3O/c1-17-11-13-20(14-12-17)24-16-23(25(29)26-22-10-5-4-8-19(22)3)27-28(24)21-9-6-7-18(2)15-21/h4-16H,1-3H3,(H,26,29). The Kier molecular flexibility index (Phi) is 5.00. The molecule has 4 nitrogen and oxygen atoms in total. The maximum atomic E-state index is 12.9. The number of anilines is 1. The minimum Gasteiger partial charge on any atom is -0.320 e. The van der Waals surface area contributed by atoms with Crippen LogP contribution in [0.5, 0.6) is 0 Å². The zero-order chi connectivity index (χ0) is 20.4. The molecule has 4 rings (SSSR count). The number of hydrogen-bond donors (Lipinski definition) is 1. The number of rotatable bonds is 4. The second-order valence-corrected chi connectivity index (χ2v) is 7.30. The number of nitrogens with zero attached hydrogens (tertiary/aromatic N) is 2. The summed E-state index contributed by atoms with van der Waals surface area (Å²) >= 11 is 0. The van der Waals surface area contributed by atoms with Crippen LogP contribution in [0.15, 0.2) is 78.9 Å². The van der Waals surface area contributed by atoms with Gasteiger partial charge in [-0.15, -0.1) is 0 Å². The molecule has 3 aromatic carbocycles. The van der Waals surface area contributed by atoms with E-state index in [0.717, 1.165) is 33.8 Å². The van der Waals surface area contributed by atoms with Gasteiger partial charge in [0.25, 0.3) is 5.91 Å². The fourth-order valence-electron chi connectivity index (χ4n) is 3.28. The van der Waals surface area contributed by atoms with Crippen LogP contribution in [0.2, 0.25) is 0 Å². The summed E-state index contributed by atoms with van der Waals surface area (Å²) in [5.74, 6) is -0.223. The first-order chi connectivity index (χ1) is 14.0. The number of carbonyl (C=O) groups is 1. The zero-order valence-corrected chi connectivity index (χ0v) is 16.8. The molecule has 1 aromatic heterocycles. The number of carbonyl (C=O) groups excluding carboxylic acids is 1. The van der Waals surface area contributed by atoms with Gasteiger partial charge >= 0.3 is 0 Å². The lowest BCUT2D eigenvalue weighted by molar-refractivity contribution is 0.102. The first-order valence-electron chi connectivity index (χ1n) is 9.62. The van der Waals surface area contributed by atoms with Crippen LogP contribution >= 0.6 is 0 Å². The molecule has 0 saturated heterocycles. The van der Waals surface area contributed by atoms with Crippen molar-refractivity contribution in [1.29, 1.82) is 0 Å². The van der Waals surface area contributed by atoms with Crippen LogP contribution in [0, 0.1) is 20.8 Å². The molecule has 0 atom stereocenters. The van der Waals surface area contributed by atoms with Gasteiger partial charge in [-0.05, 0) is 56.2 Å². The first kappa shape index (κ1) is 18.7. The third kappa shape index (κ3) is 3.97. The highest BCUT2D eigenvalue weighted by Gasteiger charge is 2.17. The number of amides is 1. The van der Waals surface area contributed by atoms with Crippen molar-refractivity contribution in [3.63, 3.8) is 0 Å². The van der Waals surface area contributed by atoms with E-state index in [1.165, 1.54) is 5.56 Å². The summed E-state index contributed by atoms with van der Waals surface area (Å²) in [6.07, 6.45) is 0. The summed E-state index contributed by atoms with van der Waals surface area (Å²) < 4.78 is 1.84. The van der Waals surface area contributed by atoms with Gasteiger partial charge in [-0.25, -0.2) is 4.68 Å². The Bertz CT molecular complexity index is 1170. The number of nitrogens with one attached hydrogen (secondary N) is 1. The highest BCUT2D eigenvalue weighted by Crippen LogP contribution is 2.26. The quantitative estimate of drug-likeness (QED) is 0.492. The number of para-hydroxylation sites is 1. The number of aromatic nitrogens is 2. The third-order valence-corrected chi connectivity index (χ3v) is 4.93. The summed E-state index contributed by atoms with van der Waals surface area (Å²) in [6.45, 7) is 6.08. The molecular weight excluding hydrogens is 358 g/mol. The minimum atomic E-state index is -0.223. The van der Waals surface area contributed by atoms with Crippen molar-refractivity contribution in [3.8, 4) is 16.9 Å². The monoisotopic (exact) mass is 381 g/mol. The summed E-state index contributed by atoms with van der Waals surface area (Å²) in [7, 11) is 0. The fourth-order valence-corrected chi connectivity index (χ4v) is 3.28. The summed E-state index contributed by atoms with van der Waals surface area (Å²) in [5, 5.41) is 7.63. The Morgan fingerprint density at radius 1 is 0.828 bits per heavy atom. The highest BCUT2D eigenvalue weighted by atomic mass is 16.2. The molecule has 0 spiro atoms. The SMILES string of the molecule is Cc1ccc(-c2cc(C(=O)Nc3ccccc3C)nn2-c2cccc(C)c2)cc1. The normalized spacial score (nSPS) is 10.7. The van der Waals surface area contributed by atoms with Crippen LogP contribution in [-0.2, 0) is 0 Å². The van der Waals surface area contributed by atoms with Gasteiger partial charge in [0.2, 0.25) is 0 Å². The minimum absolute atomic E-state index is 0.223. The predicted octanol–water partition coefficient (Wildman–Crippen LogP) is 5.72. The first-order valence-corrected chi connectivity index (χ1v) is 9.62. The van der Waals surface area contributed by atoms with Gasteiger partial charge in [0.1, 0.15) is 0 Å². The lowest BCUT2D eigenvalue weighted by atomic mass is 10.1. The molecule has 144 valence electrons. The second kappa shape index (κ2) is 7.76. The molecule has 0 bridgehead atoms. The van der Waals surface area contributed by atoms with E-state index in [9.17, 15) is 4.79 Å². The van der Waals surface area contributed by atoms with E-state index < -0.39 is 0 Å². The molecule has 0 unspecified atom stereocenters. The fraction of sp³-hybridized carbons (Fsp3) is 0.120. The van der Waals surface area contributed by atoms with Crippen molar-refractivity contribution in [3.05, 3.63) is 101 Å². The lowest BCUT2D eigenvalue weighted by Crippen LogP contribution is -2.14. The maximum absolute atomic E-state index is 12.9. The molecule has 1 heterocycles. The van der Waals surface area contributed by atoms with Gasteiger partial charge < -0.3 is 5.32 Å². The molecule has 29 heavy (non-hydrogen) atoms. The van der Waals surface area contributed by atoms with E-state index in [1.807, 2.05) is 67.1 Å². The van der Waals surface area contributed by atoms with E-state index in [-0.39, 0.29) is 5.91 Å². The largest absolute Gasteiger partial charge is 0.320 e. The van der Waals surface area contributed by atoms with Crippen LogP contribution in [-0.4, -0.2) is 15.7 Å². The van der Waals surface area contributed by atoms with Gasteiger partial charge in [-0.2, -0.15) is 5.10 Å². The van der Waals surface area contributed by atoms with Crippen LogP contribution in [0.4, 0.5) is 5.69 Å². The van der Waals surface area contributed by atoms with E-state index in [2.05, 4.69) is 47.7 Å². The highest BCUT2D eigenvalue weighted by molar-refractivity contribution is 6.04. The summed E-state index contributed by atoms with van der Waals surface area (Å²) in [4.78, 5) is 12.9. The Balaban J connectivity index is 1.78. The van der Waals surface area contributed by atoms with Crippen molar-refractivity contribution < 1.29 is 4.79 Å². The molecule has 0 radical (unpaired) electrons. The van der Waals surface area contributed by atoms with Crippen LogP contribution in [0.25, 0.3) is 16.9 Å². The van der Waals surface area contributed by atoms with Gasteiger partial charge in [-0.3, -0.25) is 4.79 Å². The second-order valence-electron chi connectivity index (χ2n) is 7.30. The summed E-state index contributed by atoms with van der Waals surface area (Å²) in [5.41, 5.74) is 7.33. The number of aryl methyl sites for hydroxylation is 3. The van der Waals surface area contributed by atoms with Gasteiger partial charge in [0.05, 0.1) is 11.4 Å². The van der Waals surface area contributed by atoms with Gasteiger partial charge in [0.15, 0.2) is 5.69 Å². The molecule has 4 heteroatoms. The molecule has 1 amide bonds. The topological polar surface area (TPSA) is 46.9 Å². The smallest absolute Gasteiger partial charge is 0.276 e. The van der Waals surface area contributed by atoms with Crippen molar-refractivity contribution in [2.24, 2.45) is 0 Å². The van der Waals surface area contributed by atoms with E-state index in [4.69, 9.17) is 0 Å². The van der Waals surface area contributed by atoms with Crippen LogP contribution in [0.3, 0.4) is 0 Å². The van der Waals surface area contributed by atoms with E-state index >= 15 is 0 Å². The van der Waals surface area contributed by atoms with E-state index in [0.29, 0.717) is 5.69 Å². The maximum Gasteiger partial charge on any atom is 0.276 e. The summed E-state index contributed by atoms with van der Waals surface area (Å²) in [6, 6.07) is 25.9. The Labute approximate surface area is 170 Å². The molecule has 0 fully saturated rings. The van der Waals surface area contributed by atoms with E-state index in [1.54, 1.807) is 0 Å². The average molecular weight is 381 g/mol. The van der Waals surface area contributed by atoms with Crippen molar-refractivity contribution in [1.82, 2.24) is 9.78 Å². The number of benzene rings is 3. The lowest BCUT2D eigenvalue weighted by Gasteiger charge is -2.08. The molecule has 0 aliphatic rings. The Morgan fingerprint density at radius 3 is 2.31 bits per heavy atom. The van der Waals surface area contributed by atoms with Crippen molar-refractivity contribution in [2.45, 2.75) is 20.8 Å². The molecule has 0 aliphatic carbocycles. The van der Waals surface area contributed by atoms with Gasteiger partial charge in [0, 0.05) is 11.3 Å². The molecule has 1 N–H and O–H groups in total. The third-order valence-electron chi connectivity index (χ3n) is 4.93. The van der Waals surface area contributed by atoms with Gasteiger partial charge in [-0.1, -0.05) is 60.2 Å². The van der Waals surface area contributed by atoms with Crippen LogP contribution < -0.4 is 5.32 Å². The molecule has 4 aromatic rings. The van der Waals surface area contributed by atoms with Crippen LogP contribution in [0.1, 0.15) is 27.2 Å². The Hall–Kier alpha value is -3.66. The Morgan fingerprint density at radius 2 is 1.59 bits per heavy atom. The zero-order valence-electron chi connectivity index (χ0n) is 16.8. The van der Waals surface area contributed by atoms with Crippen molar-refractivity contribution >= 4 is 11.6 Å². The predicted molar refractivity (Wildman–Crippen MR) is 118 cm³/mol. The molecule has 0 aliphatic heterocycles. The van der Waals surface area contributed by atoms with Crippen molar-refractivity contribution in [2.75, 3.05) is 5.32 Å². The molecule has 0 saturated carbocycles. The average Bonchev–Trinajstić information content (AvgIpc) is 3.16.